The Bertz CT molecular complexity index is 1420. The van der Waals surface area contributed by atoms with Gasteiger partial charge in [-0.2, -0.15) is 9.13 Å². The fourth-order valence-electron chi connectivity index (χ4n) is 4.44. The standard InChI is InChI=1S/C24H20Cl3N4O2S/c1-29-13-18(19-11-28-23(27)34-19)31-22(33-2)20(15-8-16(25)10-17(26)9-15)21(32)30(24(29)31)12-14-6-4-3-5-7-14/h3-11,18H,12-13H2,1-2H3/q+1. The lowest BCUT2D eigenvalue weighted by Crippen LogP contribution is -2.55. The Morgan fingerprint density at radius 2 is 1.85 bits per heavy atom. The normalized spacial score (nSPS) is 15.0. The van der Waals surface area contributed by atoms with Crippen LogP contribution in [0.3, 0.4) is 0 Å². The highest BCUT2D eigenvalue weighted by molar-refractivity contribution is 7.15. The fourth-order valence-corrected chi connectivity index (χ4v) is 6.01. The number of rotatable bonds is 5. The Morgan fingerprint density at radius 3 is 2.47 bits per heavy atom. The summed E-state index contributed by atoms with van der Waals surface area (Å²) in [6.45, 7) is 1.02. The Labute approximate surface area is 215 Å². The maximum atomic E-state index is 14.1. The number of methoxy groups -OCH3 is 1. The summed E-state index contributed by atoms with van der Waals surface area (Å²) in [5.74, 6) is 1.17. The lowest BCUT2D eigenvalue weighted by molar-refractivity contribution is -0.692. The van der Waals surface area contributed by atoms with Crippen molar-refractivity contribution in [2.45, 2.75) is 12.6 Å². The van der Waals surface area contributed by atoms with Gasteiger partial charge in [0.15, 0.2) is 10.5 Å². The third-order valence-corrected chi connectivity index (χ3v) is 7.45. The van der Waals surface area contributed by atoms with Gasteiger partial charge in [0.1, 0.15) is 18.7 Å². The average molecular weight is 535 g/mol. The molecule has 0 saturated heterocycles. The Balaban J connectivity index is 1.84. The largest absolute Gasteiger partial charge is 0.471 e. The van der Waals surface area contributed by atoms with E-state index in [4.69, 9.17) is 39.5 Å². The van der Waals surface area contributed by atoms with Crippen molar-refractivity contribution in [3.63, 3.8) is 0 Å². The molecule has 0 radical (unpaired) electrons. The third-order valence-electron chi connectivity index (χ3n) is 5.80. The highest BCUT2D eigenvalue weighted by Gasteiger charge is 2.43. The number of thiazole rings is 1. The first-order valence-electron chi connectivity index (χ1n) is 10.5. The van der Waals surface area contributed by atoms with Crippen LogP contribution in [-0.4, -0.2) is 30.3 Å². The fraction of sp³-hybridized carbons (Fsp3) is 0.208. The Hall–Kier alpha value is -2.58. The average Bonchev–Trinajstić information content (AvgIpc) is 3.38. The van der Waals surface area contributed by atoms with Crippen molar-refractivity contribution in [3.05, 3.63) is 90.0 Å². The molecule has 34 heavy (non-hydrogen) atoms. The molecule has 0 spiro atoms. The minimum absolute atomic E-state index is 0.143. The monoisotopic (exact) mass is 533 g/mol. The zero-order valence-electron chi connectivity index (χ0n) is 18.3. The van der Waals surface area contributed by atoms with Gasteiger partial charge in [0, 0.05) is 16.2 Å². The second-order valence-electron chi connectivity index (χ2n) is 8.00. The van der Waals surface area contributed by atoms with Crippen LogP contribution in [-0.2, 0) is 6.54 Å². The Morgan fingerprint density at radius 1 is 1.15 bits per heavy atom. The number of hydrogen-bond acceptors (Lipinski definition) is 5. The summed E-state index contributed by atoms with van der Waals surface area (Å²) in [7, 11) is 3.53. The zero-order chi connectivity index (χ0) is 24.0. The predicted octanol–water partition coefficient (Wildman–Crippen LogP) is 5.32. The number of likely N-dealkylation sites (N-methyl/N-ethyl adjacent to an activating group) is 1. The van der Waals surface area contributed by atoms with Crippen LogP contribution in [0.25, 0.3) is 11.1 Å². The maximum Gasteiger partial charge on any atom is 0.366 e. The van der Waals surface area contributed by atoms with Crippen LogP contribution in [0.5, 0.6) is 5.88 Å². The molecule has 5 rings (SSSR count). The van der Waals surface area contributed by atoms with Crippen molar-refractivity contribution >= 4 is 52.1 Å². The number of halogens is 3. The molecule has 0 aliphatic carbocycles. The molecular formula is C24H20Cl3N4O2S+. The van der Waals surface area contributed by atoms with Gasteiger partial charge in [-0.05, 0) is 29.3 Å². The third kappa shape index (κ3) is 4.07. The number of nitrogens with zero attached hydrogens (tertiary/aromatic N) is 4. The van der Waals surface area contributed by atoms with E-state index in [1.807, 2.05) is 41.9 Å². The van der Waals surface area contributed by atoms with Crippen molar-refractivity contribution in [2.75, 3.05) is 25.6 Å². The topological polar surface area (TPSA) is 51.2 Å². The summed E-state index contributed by atoms with van der Waals surface area (Å²) in [4.78, 5) is 21.3. The molecular weight excluding hydrogens is 515 g/mol. The number of benzene rings is 2. The van der Waals surface area contributed by atoms with Crippen LogP contribution in [0.15, 0.2) is 59.5 Å². The first-order chi connectivity index (χ1) is 16.4. The maximum absolute atomic E-state index is 14.1. The highest BCUT2D eigenvalue weighted by Crippen LogP contribution is 2.41. The molecule has 4 aromatic rings. The molecule has 0 fully saturated rings. The van der Waals surface area contributed by atoms with E-state index in [9.17, 15) is 4.79 Å². The molecule has 0 bridgehead atoms. The van der Waals surface area contributed by atoms with Gasteiger partial charge in [-0.1, -0.05) is 65.1 Å². The smallest absolute Gasteiger partial charge is 0.366 e. The molecule has 174 valence electrons. The van der Waals surface area contributed by atoms with Gasteiger partial charge in [0.25, 0.3) is 5.88 Å². The number of fused-ring (bicyclic) bond motifs is 1. The van der Waals surface area contributed by atoms with E-state index in [0.29, 0.717) is 44.6 Å². The quantitative estimate of drug-likeness (QED) is 0.325. The van der Waals surface area contributed by atoms with Crippen LogP contribution < -0.4 is 19.8 Å². The lowest BCUT2D eigenvalue weighted by Gasteiger charge is -2.17. The van der Waals surface area contributed by atoms with Crippen LogP contribution in [0.4, 0.5) is 5.95 Å². The van der Waals surface area contributed by atoms with Crippen LogP contribution in [0, 0.1) is 0 Å². The van der Waals surface area contributed by atoms with Crippen molar-refractivity contribution in [2.24, 2.45) is 0 Å². The summed E-state index contributed by atoms with van der Waals surface area (Å²) in [5.41, 5.74) is 1.79. The minimum atomic E-state index is -0.194. The molecule has 2 aromatic carbocycles. The van der Waals surface area contributed by atoms with Crippen LogP contribution in [0.1, 0.15) is 16.5 Å². The number of ether oxygens (including phenoxy) is 1. The van der Waals surface area contributed by atoms with E-state index in [1.165, 1.54) is 11.3 Å². The van der Waals surface area contributed by atoms with Crippen LogP contribution >= 0.6 is 46.1 Å². The zero-order valence-corrected chi connectivity index (χ0v) is 21.4. The Kier molecular flexibility index (Phi) is 6.29. The van der Waals surface area contributed by atoms with E-state index in [1.54, 1.807) is 36.1 Å². The van der Waals surface area contributed by atoms with Gasteiger partial charge in [-0.25, -0.2) is 9.78 Å². The lowest BCUT2D eigenvalue weighted by atomic mass is 10.1. The SMILES string of the molecule is COc1c(-c2cc(Cl)cc(Cl)c2)c(=O)[n+](Cc2ccccc2)c2n1C(c1cnc(Cl)s1)CN2C. The molecule has 0 saturated carbocycles. The molecule has 1 unspecified atom stereocenters. The summed E-state index contributed by atoms with van der Waals surface area (Å²) in [5, 5.41) is 0.874. The summed E-state index contributed by atoms with van der Waals surface area (Å²) < 4.78 is 10.2. The van der Waals surface area contributed by atoms with Gasteiger partial charge in [0.2, 0.25) is 0 Å². The van der Waals surface area contributed by atoms with E-state index < -0.39 is 0 Å². The van der Waals surface area contributed by atoms with E-state index in [-0.39, 0.29) is 11.6 Å². The molecule has 6 nitrogen and oxygen atoms in total. The van der Waals surface area contributed by atoms with E-state index >= 15 is 0 Å². The molecule has 1 atom stereocenters. The number of aromatic nitrogens is 3. The number of anilines is 1. The molecule has 0 N–H and O–H groups in total. The summed E-state index contributed by atoms with van der Waals surface area (Å²) in [6.07, 6.45) is 1.77. The van der Waals surface area contributed by atoms with Gasteiger partial charge in [-0.15, -0.1) is 11.3 Å². The van der Waals surface area contributed by atoms with Gasteiger partial charge in [0.05, 0.1) is 19.0 Å². The molecule has 1 aliphatic heterocycles. The van der Waals surface area contributed by atoms with Gasteiger partial charge in [-0.3, -0.25) is 4.90 Å². The first kappa shape index (κ1) is 23.2. The molecule has 2 aromatic heterocycles. The van der Waals surface area contributed by atoms with Crippen molar-refractivity contribution in [3.8, 4) is 17.0 Å². The van der Waals surface area contributed by atoms with Crippen LogP contribution in [0.2, 0.25) is 14.5 Å². The summed E-state index contributed by atoms with van der Waals surface area (Å²) in [6, 6.07) is 14.8. The van der Waals surface area contributed by atoms with Crippen molar-refractivity contribution in [1.29, 1.82) is 0 Å². The molecule has 3 heterocycles. The minimum Gasteiger partial charge on any atom is -0.471 e. The van der Waals surface area contributed by atoms with Gasteiger partial charge >= 0.3 is 11.5 Å². The van der Waals surface area contributed by atoms with Crippen molar-refractivity contribution in [1.82, 2.24) is 9.55 Å². The molecule has 10 heteroatoms. The second-order valence-corrected chi connectivity index (χ2v) is 10.5. The highest BCUT2D eigenvalue weighted by atomic mass is 35.5. The number of hydrogen-bond donors (Lipinski definition) is 0. The summed E-state index contributed by atoms with van der Waals surface area (Å²) >= 11 is 20.2. The molecule has 0 amide bonds. The van der Waals surface area contributed by atoms with E-state index in [0.717, 1.165) is 16.4 Å². The van der Waals surface area contributed by atoms with E-state index in [2.05, 4.69) is 9.88 Å². The molecule has 1 aliphatic rings. The predicted molar refractivity (Wildman–Crippen MR) is 137 cm³/mol. The first-order valence-corrected chi connectivity index (χ1v) is 12.4. The van der Waals surface area contributed by atoms with Gasteiger partial charge < -0.3 is 4.74 Å². The second kappa shape index (κ2) is 9.23. The van der Waals surface area contributed by atoms with Crippen molar-refractivity contribution < 1.29 is 9.30 Å².